The minimum atomic E-state index is 0.733. The highest BCUT2D eigenvalue weighted by atomic mass is 79.9. The zero-order valence-electron chi connectivity index (χ0n) is 7.46. The van der Waals surface area contributed by atoms with Crippen LogP contribution < -0.4 is 11.5 Å². The van der Waals surface area contributed by atoms with Crippen molar-refractivity contribution in [3.05, 3.63) is 22.4 Å². The Balaban J connectivity index is 2.56. The molecule has 0 saturated heterocycles. The van der Waals surface area contributed by atoms with E-state index in [9.17, 15) is 0 Å². The first kappa shape index (κ1) is 10.5. The van der Waals surface area contributed by atoms with Gasteiger partial charge in [0.05, 0.1) is 11.4 Å². The maximum Gasteiger partial charge on any atom is 0.0633 e. The Hall–Kier alpha value is -0.610. The third-order valence-corrected chi connectivity index (χ3v) is 2.27. The largest absolute Gasteiger partial charge is 0.397 e. The molecule has 4 N–H and O–H groups in total. The lowest BCUT2D eigenvalue weighted by molar-refractivity contribution is 0.734. The van der Waals surface area contributed by atoms with Crippen molar-refractivity contribution in [3.8, 4) is 0 Å². The molecular formula is C9H14BrN3. The summed E-state index contributed by atoms with van der Waals surface area (Å²) in [6.45, 7) is 0.733. The van der Waals surface area contributed by atoms with Crippen molar-refractivity contribution in [2.24, 2.45) is 5.73 Å². The predicted molar refractivity (Wildman–Crippen MR) is 58.3 cm³/mol. The number of rotatable bonds is 4. The third kappa shape index (κ3) is 3.32. The fourth-order valence-corrected chi connectivity index (χ4v) is 1.48. The molecule has 1 rings (SSSR count). The summed E-state index contributed by atoms with van der Waals surface area (Å²) in [5, 5.41) is 0. The number of aromatic nitrogens is 1. The maximum atomic E-state index is 5.78. The highest BCUT2D eigenvalue weighted by Gasteiger charge is 2.00. The zero-order chi connectivity index (χ0) is 9.68. The van der Waals surface area contributed by atoms with Gasteiger partial charge >= 0.3 is 0 Å². The van der Waals surface area contributed by atoms with Crippen LogP contribution in [0.25, 0.3) is 0 Å². The molecule has 4 heteroatoms. The summed E-state index contributed by atoms with van der Waals surface area (Å²) in [5.41, 5.74) is 12.9. The molecule has 0 fully saturated rings. The monoisotopic (exact) mass is 243 g/mol. The van der Waals surface area contributed by atoms with Crippen LogP contribution in [0.15, 0.2) is 16.7 Å². The topological polar surface area (TPSA) is 64.9 Å². The number of nitrogens with zero attached hydrogens (tertiary/aromatic N) is 1. The number of pyridine rings is 1. The van der Waals surface area contributed by atoms with Crippen molar-refractivity contribution < 1.29 is 0 Å². The van der Waals surface area contributed by atoms with Crippen molar-refractivity contribution in [1.29, 1.82) is 0 Å². The van der Waals surface area contributed by atoms with E-state index in [1.54, 1.807) is 6.20 Å². The lowest BCUT2D eigenvalue weighted by atomic mass is 10.1. The molecule has 0 bridgehead atoms. The molecule has 0 amide bonds. The van der Waals surface area contributed by atoms with E-state index in [0.29, 0.717) is 0 Å². The Kier molecular flexibility index (Phi) is 4.18. The first-order valence-corrected chi connectivity index (χ1v) is 5.13. The molecule has 3 nitrogen and oxygen atoms in total. The number of halogens is 1. The van der Waals surface area contributed by atoms with Crippen LogP contribution in [0, 0.1) is 0 Å². The molecular weight excluding hydrogens is 230 g/mol. The van der Waals surface area contributed by atoms with E-state index in [1.165, 1.54) is 0 Å². The molecule has 0 aromatic carbocycles. The van der Waals surface area contributed by atoms with E-state index in [1.807, 2.05) is 6.07 Å². The lowest BCUT2D eigenvalue weighted by Crippen LogP contribution is -2.02. The Morgan fingerprint density at radius 1 is 1.38 bits per heavy atom. The van der Waals surface area contributed by atoms with Crippen LogP contribution in [0.1, 0.15) is 18.5 Å². The van der Waals surface area contributed by atoms with Gasteiger partial charge in [-0.1, -0.05) is 0 Å². The molecule has 1 aromatic rings. The number of anilines is 1. The number of unbranched alkanes of at least 4 members (excludes halogenated alkanes) is 1. The summed E-state index contributed by atoms with van der Waals surface area (Å²) in [6.07, 6.45) is 4.76. The number of hydrogen-bond donors (Lipinski definition) is 2. The fourth-order valence-electron chi connectivity index (χ4n) is 1.13. The molecule has 0 aliphatic rings. The van der Waals surface area contributed by atoms with E-state index in [-0.39, 0.29) is 0 Å². The highest BCUT2D eigenvalue weighted by molar-refractivity contribution is 9.10. The molecule has 1 aromatic heterocycles. The average molecular weight is 244 g/mol. The molecule has 0 aliphatic carbocycles. The molecule has 13 heavy (non-hydrogen) atoms. The van der Waals surface area contributed by atoms with Crippen LogP contribution in [0.4, 0.5) is 5.69 Å². The van der Waals surface area contributed by atoms with E-state index in [4.69, 9.17) is 11.5 Å². The van der Waals surface area contributed by atoms with Gasteiger partial charge in [-0.05, 0) is 47.8 Å². The van der Waals surface area contributed by atoms with Crippen LogP contribution in [-0.2, 0) is 6.42 Å². The third-order valence-electron chi connectivity index (χ3n) is 1.84. The van der Waals surface area contributed by atoms with Gasteiger partial charge in [-0.2, -0.15) is 0 Å². The van der Waals surface area contributed by atoms with Crippen LogP contribution in [-0.4, -0.2) is 11.5 Å². The second kappa shape index (κ2) is 5.19. The zero-order valence-corrected chi connectivity index (χ0v) is 9.05. The van der Waals surface area contributed by atoms with Crippen molar-refractivity contribution >= 4 is 21.6 Å². The molecule has 0 saturated carbocycles. The lowest BCUT2D eigenvalue weighted by Gasteiger charge is -2.03. The Morgan fingerprint density at radius 3 is 2.77 bits per heavy atom. The highest BCUT2D eigenvalue weighted by Crippen LogP contribution is 2.17. The van der Waals surface area contributed by atoms with Gasteiger partial charge in [0, 0.05) is 10.7 Å². The minimum absolute atomic E-state index is 0.733. The van der Waals surface area contributed by atoms with Gasteiger partial charge in [0.2, 0.25) is 0 Å². The van der Waals surface area contributed by atoms with E-state index < -0.39 is 0 Å². The van der Waals surface area contributed by atoms with E-state index in [0.717, 1.165) is 41.7 Å². The van der Waals surface area contributed by atoms with Crippen molar-refractivity contribution in [1.82, 2.24) is 4.98 Å². The summed E-state index contributed by atoms with van der Waals surface area (Å²) < 4.78 is 0.924. The van der Waals surface area contributed by atoms with Crippen LogP contribution in [0.2, 0.25) is 0 Å². The Bertz CT molecular complexity index is 276. The first-order chi connectivity index (χ1) is 6.24. The fraction of sp³-hybridized carbons (Fsp3) is 0.444. The molecule has 0 unspecified atom stereocenters. The van der Waals surface area contributed by atoms with Crippen molar-refractivity contribution in [2.75, 3.05) is 12.3 Å². The molecule has 72 valence electrons. The first-order valence-electron chi connectivity index (χ1n) is 4.34. The van der Waals surface area contributed by atoms with Gasteiger partial charge in [0.1, 0.15) is 0 Å². The van der Waals surface area contributed by atoms with Gasteiger partial charge in [0.25, 0.3) is 0 Å². The Morgan fingerprint density at radius 2 is 2.15 bits per heavy atom. The average Bonchev–Trinajstić information content (AvgIpc) is 2.09. The van der Waals surface area contributed by atoms with Gasteiger partial charge < -0.3 is 11.5 Å². The summed E-state index contributed by atoms with van der Waals surface area (Å²) in [5.74, 6) is 0. The van der Waals surface area contributed by atoms with Crippen LogP contribution in [0.5, 0.6) is 0 Å². The summed E-state index contributed by atoms with van der Waals surface area (Å²) in [6, 6.07) is 1.88. The molecule has 0 atom stereocenters. The number of nitrogens with two attached hydrogens (primary N) is 2. The smallest absolute Gasteiger partial charge is 0.0633 e. The quantitative estimate of drug-likeness (QED) is 0.792. The van der Waals surface area contributed by atoms with E-state index in [2.05, 4.69) is 20.9 Å². The number of aryl methyl sites for hydroxylation is 1. The van der Waals surface area contributed by atoms with Gasteiger partial charge in [-0.15, -0.1) is 0 Å². The normalized spacial score (nSPS) is 10.3. The standard InChI is InChI=1S/C9H14BrN3/c10-7-5-8(12)9(13-6-7)3-1-2-4-11/h5-6H,1-4,11-12H2. The van der Waals surface area contributed by atoms with Crippen LogP contribution in [0.3, 0.4) is 0 Å². The molecule has 0 spiro atoms. The molecule has 1 heterocycles. The number of hydrogen-bond acceptors (Lipinski definition) is 3. The predicted octanol–water partition coefficient (Wildman–Crippen LogP) is 1.71. The Labute approximate surface area is 86.7 Å². The minimum Gasteiger partial charge on any atom is -0.397 e. The summed E-state index contributed by atoms with van der Waals surface area (Å²) in [4.78, 5) is 4.24. The number of nitrogen functional groups attached to an aromatic ring is 1. The second-order valence-corrected chi connectivity index (χ2v) is 3.85. The molecule has 0 aliphatic heterocycles. The van der Waals surface area contributed by atoms with Crippen LogP contribution >= 0.6 is 15.9 Å². The second-order valence-electron chi connectivity index (χ2n) is 2.94. The molecule has 0 radical (unpaired) electrons. The maximum absolute atomic E-state index is 5.78. The van der Waals surface area contributed by atoms with E-state index >= 15 is 0 Å². The summed E-state index contributed by atoms with van der Waals surface area (Å²) in [7, 11) is 0. The summed E-state index contributed by atoms with van der Waals surface area (Å²) >= 11 is 3.32. The van der Waals surface area contributed by atoms with Gasteiger partial charge in [0.15, 0.2) is 0 Å². The van der Waals surface area contributed by atoms with Crippen molar-refractivity contribution in [2.45, 2.75) is 19.3 Å². The van der Waals surface area contributed by atoms with Gasteiger partial charge in [-0.3, -0.25) is 4.98 Å². The SMILES string of the molecule is NCCCCc1ncc(Br)cc1N. The van der Waals surface area contributed by atoms with Crippen molar-refractivity contribution in [3.63, 3.8) is 0 Å². The van der Waals surface area contributed by atoms with Gasteiger partial charge in [-0.25, -0.2) is 0 Å².